The molecule has 0 amide bonds. The lowest BCUT2D eigenvalue weighted by Gasteiger charge is -2.33. The number of rotatable bonds is 1. The van der Waals surface area contributed by atoms with Gasteiger partial charge in [-0.2, -0.15) is 0 Å². The Hall–Kier alpha value is -0.300. The minimum absolute atomic E-state index is 0.372. The van der Waals surface area contributed by atoms with Crippen LogP contribution in [0.4, 0.5) is 0 Å². The van der Waals surface area contributed by atoms with Gasteiger partial charge >= 0.3 is 0 Å². The van der Waals surface area contributed by atoms with Crippen molar-refractivity contribution in [2.24, 2.45) is 5.92 Å². The van der Waals surface area contributed by atoms with E-state index in [1.165, 1.54) is 18.4 Å². The molecule has 0 aromatic rings. The van der Waals surface area contributed by atoms with Crippen LogP contribution in [0.3, 0.4) is 0 Å². The molecule has 1 heteroatoms. The summed E-state index contributed by atoms with van der Waals surface area (Å²) in [5.74, 6) is 0.589. The predicted molar refractivity (Wildman–Crippen MR) is 47.5 cm³/mol. The van der Waals surface area contributed by atoms with E-state index in [0.717, 1.165) is 0 Å². The Morgan fingerprint density at radius 1 is 1.36 bits per heavy atom. The smallest absolute Gasteiger partial charge is 0.0615 e. The van der Waals surface area contributed by atoms with Crippen molar-refractivity contribution in [3.05, 3.63) is 12.2 Å². The summed E-state index contributed by atoms with van der Waals surface area (Å²) >= 11 is 0. The van der Waals surface area contributed by atoms with E-state index in [1.54, 1.807) is 0 Å². The van der Waals surface area contributed by atoms with Gasteiger partial charge in [0.2, 0.25) is 0 Å². The Morgan fingerprint density at radius 3 is 2.45 bits per heavy atom. The Labute approximate surface area is 69.4 Å². The van der Waals surface area contributed by atoms with E-state index in [9.17, 15) is 0 Å². The lowest BCUT2D eigenvalue weighted by atomic mass is 9.88. The minimum atomic E-state index is 0.372. The van der Waals surface area contributed by atoms with Gasteiger partial charge in [0.05, 0.1) is 12.2 Å². The molecule has 0 aliphatic carbocycles. The van der Waals surface area contributed by atoms with E-state index in [4.69, 9.17) is 4.74 Å². The number of hydrogen-bond donors (Lipinski definition) is 0. The van der Waals surface area contributed by atoms with Gasteiger partial charge in [-0.05, 0) is 33.6 Å². The first-order valence-corrected chi connectivity index (χ1v) is 4.42. The monoisotopic (exact) mass is 154 g/mol. The largest absolute Gasteiger partial charge is 0.375 e. The van der Waals surface area contributed by atoms with E-state index < -0.39 is 0 Å². The Morgan fingerprint density at radius 2 is 2.00 bits per heavy atom. The van der Waals surface area contributed by atoms with Gasteiger partial charge in [0, 0.05) is 5.92 Å². The molecule has 1 heterocycles. The van der Waals surface area contributed by atoms with Crippen LogP contribution in [-0.2, 0) is 4.74 Å². The van der Waals surface area contributed by atoms with Crippen molar-refractivity contribution >= 4 is 0 Å². The molecule has 3 unspecified atom stereocenters. The molecule has 11 heavy (non-hydrogen) atoms. The maximum absolute atomic E-state index is 5.70. The zero-order valence-electron chi connectivity index (χ0n) is 7.76. The van der Waals surface area contributed by atoms with Crippen molar-refractivity contribution in [3.8, 4) is 0 Å². The summed E-state index contributed by atoms with van der Waals surface area (Å²) in [7, 11) is 0. The summed E-state index contributed by atoms with van der Waals surface area (Å²) in [5, 5.41) is 0. The van der Waals surface area contributed by atoms with Gasteiger partial charge < -0.3 is 4.74 Å². The van der Waals surface area contributed by atoms with Crippen LogP contribution in [0.1, 0.15) is 33.6 Å². The van der Waals surface area contributed by atoms with Crippen LogP contribution in [0.5, 0.6) is 0 Å². The molecule has 3 atom stereocenters. The number of ether oxygens (including phenoxy) is 1. The van der Waals surface area contributed by atoms with Crippen molar-refractivity contribution in [1.29, 1.82) is 0 Å². The normalized spacial score (nSPS) is 38.6. The highest BCUT2D eigenvalue weighted by Gasteiger charge is 2.25. The molecule has 0 spiro atoms. The van der Waals surface area contributed by atoms with Gasteiger partial charge in [0.1, 0.15) is 0 Å². The maximum atomic E-state index is 5.70. The standard InChI is InChI=1S/C10H18O/c1-7(2)10-6-5-8(3)11-9(10)4/h8-10H,1,5-6H2,2-4H3. The summed E-state index contributed by atoms with van der Waals surface area (Å²) in [6.45, 7) is 10.4. The van der Waals surface area contributed by atoms with Crippen LogP contribution in [0.15, 0.2) is 12.2 Å². The van der Waals surface area contributed by atoms with Crippen LogP contribution >= 0.6 is 0 Å². The van der Waals surface area contributed by atoms with Crippen molar-refractivity contribution < 1.29 is 4.74 Å². The highest BCUT2D eigenvalue weighted by molar-refractivity contribution is 5.00. The maximum Gasteiger partial charge on any atom is 0.0615 e. The van der Waals surface area contributed by atoms with E-state index in [2.05, 4.69) is 27.4 Å². The molecule has 1 rings (SSSR count). The van der Waals surface area contributed by atoms with E-state index in [1.807, 2.05) is 0 Å². The molecule has 0 aromatic carbocycles. The summed E-state index contributed by atoms with van der Waals surface area (Å²) in [6, 6.07) is 0. The zero-order valence-corrected chi connectivity index (χ0v) is 7.76. The number of hydrogen-bond acceptors (Lipinski definition) is 1. The lowest BCUT2D eigenvalue weighted by molar-refractivity contribution is -0.0544. The van der Waals surface area contributed by atoms with Gasteiger partial charge in [-0.15, -0.1) is 0 Å². The minimum Gasteiger partial charge on any atom is -0.375 e. The summed E-state index contributed by atoms with van der Waals surface area (Å²) in [5.41, 5.74) is 1.27. The molecule has 64 valence electrons. The van der Waals surface area contributed by atoms with Crippen LogP contribution in [0.2, 0.25) is 0 Å². The molecule has 0 radical (unpaired) electrons. The SMILES string of the molecule is C=C(C)C1CCC(C)OC1C. The molecular weight excluding hydrogens is 136 g/mol. The molecule has 0 N–H and O–H groups in total. The van der Waals surface area contributed by atoms with Gasteiger partial charge in [0.25, 0.3) is 0 Å². The fraction of sp³-hybridized carbons (Fsp3) is 0.800. The summed E-state index contributed by atoms with van der Waals surface area (Å²) in [4.78, 5) is 0. The lowest BCUT2D eigenvalue weighted by Crippen LogP contribution is -2.31. The predicted octanol–water partition coefficient (Wildman–Crippen LogP) is 2.77. The first-order chi connectivity index (χ1) is 5.11. The van der Waals surface area contributed by atoms with Gasteiger partial charge in [0.15, 0.2) is 0 Å². The average molecular weight is 154 g/mol. The molecule has 0 aromatic heterocycles. The van der Waals surface area contributed by atoms with Crippen molar-refractivity contribution in [2.75, 3.05) is 0 Å². The molecule has 1 saturated heterocycles. The van der Waals surface area contributed by atoms with E-state index in [-0.39, 0.29) is 0 Å². The van der Waals surface area contributed by atoms with Gasteiger partial charge in [-0.1, -0.05) is 12.2 Å². The third kappa shape index (κ3) is 2.06. The summed E-state index contributed by atoms with van der Waals surface area (Å²) in [6.07, 6.45) is 3.25. The second-order valence-electron chi connectivity index (χ2n) is 3.68. The third-order valence-corrected chi connectivity index (χ3v) is 2.53. The van der Waals surface area contributed by atoms with Gasteiger partial charge in [-0.3, -0.25) is 0 Å². The van der Waals surface area contributed by atoms with E-state index >= 15 is 0 Å². The van der Waals surface area contributed by atoms with Crippen molar-refractivity contribution in [3.63, 3.8) is 0 Å². The Balaban J connectivity index is 2.50. The van der Waals surface area contributed by atoms with E-state index in [0.29, 0.717) is 18.1 Å². The van der Waals surface area contributed by atoms with Crippen LogP contribution in [0, 0.1) is 5.92 Å². The topological polar surface area (TPSA) is 9.23 Å². The van der Waals surface area contributed by atoms with Crippen LogP contribution < -0.4 is 0 Å². The first-order valence-electron chi connectivity index (χ1n) is 4.42. The average Bonchev–Trinajstić information content (AvgIpc) is 1.85. The van der Waals surface area contributed by atoms with Crippen molar-refractivity contribution in [1.82, 2.24) is 0 Å². The van der Waals surface area contributed by atoms with Crippen LogP contribution in [-0.4, -0.2) is 12.2 Å². The molecule has 0 bridgehead atoms. The molecule has 0 saturated carbocycles. The quantitative estimate of drug-likeness (QED) is 0.528. The fourth-order valence-corrected chi connectivity index (χ4v) is 1.83. The molecule has 1 aliphatic heterocycles. The third-order valence-electron chi connectivity index (χ3n) is 2.53. The molecule has 1 nitrogen and oxygen atoms in total. The molecule has 1 aliphatic rings. The zero-order chi connectivity index (χ0) is 8.43. The van der Waals surface area contributed by atoms with Gasteiger partial charge in [-0.25, -0.2) is 0 Å². The molecule has 1 fully saturated rings. The Bertz CT molecular complexity index is 151. The van der Waals surface area contributed by atoms with Crippen molar-refractivity contribution in [2.45, 2.75) is 45.8 Å². The second kappa shape index (κ2) is 3.40. The summed E-state index contributed by atoms with van der Waals surface area (Å²) < 4.78 is 5.70. The highest BCUT2D eigenvalue weighted by atomic mass is 16.5. The second-order valence-corrected chi connectivity index (χ2v) is 3.68. The Kier molecular flexibility index (Phi) is 2.72. The fourth-order valence-electron chi connectivity index (χ4n) is 1.83. The van der Waals surface area contributed by atoms with Crippen LogP contribution in [0.25, 0.3) is 0 Å². The molecular formula is C10H18O. The first kappa shape index (κ1) is 8.79. The highest BCUT2D eigenvalue weighted by Crippen LogP contribution is 2.28.